The number of phenols is 1. The summed E-state index contributed by atoms with van der Waals surface area (Å²) in [5.41, 5.74) is 4.12. The van der Waals surface area contributed by atoms with Crippen molar-refractivity contribution in [1.82, 2.24) is 0 Å². The van der Waals surface area contributed by atoms with E-state index in [-0.39, 0.29) is 28.7 Å². The molecule has 0 bridgehead atoms. The number of Topliss-reactive ketones (excluding diaryl/α,β-unsaturated/α-hetero) is 1. The molecule has 2 N–H and O–H groups in total. The summed E-state index contributed by atoms with van der Waals surface area (Å²) in [6, 6.07) is 14.9. The van der Waals surface area contributed by atoms with Crippen LogP contribution >= 0.6 is 0 Å². The topological polar surface area (TPSA) is 96.3 Å². The third-order valence-corrected chi connectivity index (χ3v) is 7.34. The van der Waals surface area contributed by atoms with Gasteiger partial charge in [0.15, 0.2) is 11.5 Å². The fourth-order valence-electron chi connectivity index (χ4n) is 5.13. The van der Waals surface area contributed by atoms with Crippen molar-refractivity contribution in [3.05, 3.63) is 88.0 Å². The van der Waals surface area contributed by atoms with E-state index in [4.69, 9.17) is 9.47 Å². The number of phenolic OH excluding ortho intramolecular Hbond substituents is 1. The first kappa shape index (κ1) is 28.7. The number of methoxy groups -OCH3 is 1. The number of aliphatic hydroxyl groups excluding tert-OH is 1. The Kier molecular flexibility index (Phi) is 8.24. The quantitative estimate of drug-likeness (QED) is 0.181. The lowest BCUT2D eigenvalue weighted by Gasteiger charge is -2.26. The Morgan fingerprint density at radius 3 is 2.20 bits per heavy atom. The van der Waals surface area contributed by atoms with E-state index in [1.807, 2.05) is 57.2 Å². The van der Waals surface area contributed by atoms with Crippen molar-refractivity contribution in [2.75, 3.05) is 18.6 Å². The largest absolute Gasteiger partial charge is 0.507 e. The molecule has 3 aromatic carbocycles. The van der Waals surface area contributed by atoms with Gasteiger partial charge in [-0.2, -0.15) is 0 Å². The maximum Gasteiger partial charge on any atom is 0.300 e. The molecule has 7 nitrogen and oxygen atoms in total. The average Bonchev–Trinajstić information content (AvgIpc) is 3.19. The molecule has 0 aromatic heterocycles. The highest BCUT2D eigenvalue weighted by molar-refractivity contribution is 6.51. The van der Waals surface area contributed by atoms with Gasteiger partial charge in [0.25, 0.3) is 11.7 Å². The van der Waals surface area contributed by atoms with Crippen LogP contribution in [0.2, 0.25) is 0 Å². The Hall–Kier alpha value is -4.26. The van der Waals surface area contributed by atoms with E-state index < -0.39 is 17.7 Å². The zero-order chi connectivity index (χ0) is 29.3. The number of aromatic hydroxyl groups is 1. The third-order valence-electron chi connectivity index (χ3n) is 7.34. The Balaban J connectivity index is 1.99. The molecule has 0 aliphatic carbocycles. The van der Waals surface area contributed by atoms with Gasteiger partial charge in [-0.05, 0) is 84.3 Å². The highest BCUT2D eigenvalue weighted by atomic mass is 16.5. The van der Waals surface area contributed by atoms with Crippen LogP contribution in [-0.2, 0) is 9.59 Å². The number of benzene rings is 3. The summed E-state index contributed by atoms with van der Waals surface area (Å²) in [5.74, 6) is -0.568. The molecular weight excluding hydrogens is 506 g/mol. The zero-order valence-corrected chi connectivity index (χ0v) is 24.1. The molecule has 1 unspecified atom stereocenters. The van der Waals surface area contributed by atoms with E-state index in [2.05, 4.69) is 13.8 Å². The van der Waals surface area contributed by atoms with E-state index in [1.165, 1.54) is 11.0 Å². The summed E-state index contributed by atoms with van der Waals surface area (Å²) < 4.78 is 11.2. The standard InChI is InChI=1S/C33H37NO6/c1-8-40-28-16-22(11-14-26(28)35)30-29(31(36)25-17-24(19(4)5)27(39-7)15-20(25)6)32(37)33(38)34(30)23-12-9-21(10-13-23)18(2)3/h9-19,30,35-36H,8H2,1-7H3/b31-29+. The fraction of sp³-hybridized carbons (Fsp3) is 0.333. The van der Waals surface area contributed by atoms with E-state index in [1.54, 1.807) is 26.2 Å². The summed E-state index contributed by atoms with van der Waals surface area (Å²) in [6.45, 7) is 12.1. The SMILES string of the molecule is CCOc1cc(C2/C(=C(\O)c3cc(C(C)C)c(OC)cc3C)C(=O)C(=O)N2c2ccc(C(C)C)cc2)ccc1O. The van der Waals surface area contributed by atoms with Gasteiger partial charge >= 0.3 is 0 Å². The van der Waals surface area contributed by atoms with Crippen molar-refractivity contribution in [2.24, 2.45) is 0 Å². The molecule has 0 saturated carbocycles. The summed E-state index contributed by atoms with van der Waals surface area (Å²) in [4.78, 5) is 28.7. The number of hydrogen-bond donors (Lipinski definition) is 2. The maximum absolute atomic E-state index is 13.7. The minimum absolute atomic E-state index is 0.0333. The predicted molar refractivity (Wildman–Crippen MR) is 156 cm³/mol. The molecule has 210 valence electrons. The van der Waals surface area contributed by atoms with Gasteiger partial charge < -0.3 is 19.7 Å². The van der Waals surface area contributed by atoms with Gasteiger partial charge in [0, 0.05) is 11.3 Å². The average molecular weight is 544 g/mol. The zero-order valence-electron chi connectivity index (χ0n) is 24.1. The Bertz CT molecular complexity index is 1470. The van der Waals surface area contributed by atoms with Gasteiger partial charge in [0.05, 0.1) is 25.3 Å². The minimum atomic E-state index is -0.950. The van der Waals surface area contributed by atoms with E-state index in [0.29, 0.717) is 40.7 Å². The predicted octanol–water partition coefficient (Wildman–Crippen LogP) is 6.98. The Morgan fingerprint density at radius 1 is 0.950 bits per heavy atom. The fourth-order valence-corrected chi connectivity index (χ4v) is 5.13. The third kappa shape index (κ3) is 5.16. The molecule has 0 spiro atoms. The van der Waals surface area contributed by atoms with E-state index in [9.17, 15) is 19.8 Å². The van der Waals surface area contributed by atoms with Gasteiger partial charge in [-0.3, -0.25) is 14.5 Å². The first-order valence-corrected chi connectivity index (χ1v) is 13.6. The number of nitrogens with zero attached hydrogens (tertiary/aromatic N) is 1. The second-order valence-corrected chi connectivity index (χ2v) is 10.6. The number of aryl methyl sites for hydroxylation is 1. The van der Waals surface area contributed by atoms with Gasteiger partial charge in [-0.1, -0.05) is 45.9 Å². The lowest BCUT2D eigenvalue weighted by molar-refractivity contribution is -0.132. The van der Waals surface area contributed by atoms with E-state index in [0.717, 1.165) is 11.1 Å². The molecule has 4 rings (SSSR count). The number of anilines is 1. The molecule has 40 heavy (non-hydrogen) atoms. The number of carbonyl (C=O) groups is 2. The number of ether oxygens (including phenoxy) is 2. The second kappa shape index (κ2) is 11.5. The number of aliphatic hydroxyl groups is 1. The van der Waals surface area contributed by atoms with Crippen LogP contribution < -0.4 is 14.4 Å². The van der Waals surface area contributed by atoms with Gasteiger partial charge in [-0.15, -0.1) is 0 Å². The normalized spacial score (nSPS) is 16.7. The smallest absolute Gasteiger partial charge is 0.300 e. The van der Waals surface area contributed by atoms with Gasteiger partial charge in [0.1, 0.15) is 11.5 Å². The summed E-state index contributed by atoms with van der Waals surface area (Å²) >= 11 is 0. The highest BCUT2D eigenvalue weighted by Gasteiger charge is 2.47. The van der Waals surface area contributed by atoms with Crippen LogP contribution in [0.4, 0.5) is 5.69 Å². The molecule has 7 heteroatoms. The molecule has 1 saturated heterocycles. The first-order valence-electron chi connectivity index (χ1n) is 13.6. The molecule has 1 fully saturated rings. The first-order chi connectivity index (χ1) is 19.0. The van der Waals surface area contributed by atoms with Crippen LogP contribution in [0.15, 0.2) is 60.2 Å². The van der Waals surface area contributed by atoms with Crippen molar-refractivity contribution < 1.29 is 29.3 Å². The number of amides is 1. The van der Waals surface area contributed by atoms with Crippen LogP contribution in [0, 0.1) is 6.92 Å². The lowest BCUT2D eigenvalue weighted by Crippen LogP contribution is -2.29. The molecule has 1 heterocycles. The number of hydrogen-bond acceptors (Lipinski definition) is 6. The summed E-state index contributed by atoms with van der Waals surface area (Å²) in [7, 11) is 1.59. The molecule has 1 aliphatic rings. The Morgan fingerprint density at radius 2 is 1.62 bits per heavy atom. The minimum Gasteiger partial charge on any atom is -0.507 e. The molecule has 0 radical (unpaired) electrons. The highest BCUT2D eigenvalue weighted by Crippen LogP contribution is 2.45. The van der Waals surface area contributed by atoms with E-state index >= 15 is 0 Å². The van der Waals surface area contributed by atoms with Crippen LogP contribution in [0.1, 0.15) is 80.3 Å². The number of rotatable bonds is 8. The molecule has 1 aliphatic heterocycles. The second-order valence-electron chi connectivity index (χ2n) is 10.6. The molecule has 1 atom stereocenters. The molecule has 1 amide bonds. The monoisotopic (exact) mass is 543 g/mol. The van der Waals surface area contributed by atoms with Crippen molar-refractivity contribution in [3.63, 3.8) is 0 Å². The summed E-state index contributed by atoms with van der Waals surface area (Å²) in [6.07, 6.45) is 0. The molecule has 3 aromatic rings. The van der Waals surface area contributed by atoms with Crippen molar-refractivity contribution in [1.29, 1.82) is 0 Å². The Labute approximate surface area is 235 Å². The van der Waals surface area contributed by atoms with Crippen molar-refractivity contribution in [3.8, 4) is 17.2 Å². The number of carbonyl (C=O) groups excluding carboxylic acids is 2. The summed E-state index contributed by atoms with van der Waals surface area (Å²) in [5, 5.41) is 22.1. The maximum atomic E-state index is 13.7. The van der Waals surface area contributed by atoms with Crippen molar-refractivity contribution in [2.45, 2.75) is 59.4 Å². The van der Waals surface area contributed by atoms with Crippen LogP contribution in [0.25, 0.3) is 5.76 Å². The van der Waals surface area contributed by atoms with Gasteiger partial charge in [0.2, 0.25) is 0 Å². The van der Waals surface area contributed by atoms with Crippen molar-refractivity contribution >= 4 is 23.1 Å². The van der Waals surface area contributed by atoms with Crippen LogP contribution in [0.3, 0.4) is 0 Å². The van der Waals surface area contributed by atoms with Crippen LogP contribution in [-0.4, -0.2) is 35.6 Å². The molecular formula is C33H37NO6. The number of ketones is 1. The van der Waals surface area contributed by atoms with Gasteiger partial charge in [-0.25, -0.2) is 0 Å². The van der Waals surface area contributed by atoms with Crippen LogP contribution in [0.5, 0.6) is 17.2 Å². The lowest BCUT2D eigenvalue weighted by atomic mass is 9.90.